The molecule has 0 saturated carbocycles. The van der Waals surface area contributed by atoms with Gasteiger partial charge in [-0.3, -0.25) is 4.40 Å². The SMILES string of the molecule is CC(C)(C)c1ccc([Si](C)(C)c2cccc3c2Sc2ccccc2C3(C)C)cc1-c1cccc2c1sc1nc3ccccc3n12. The number of hydrogen-bond donors (Lipinski definition) is 0. The van der Waals surface area contributed by atoms with E-state index in [0.29, 0.717) is 0 Å². The summed E-state index contributed by atoms with van der Waals surface area (Å²) >= 11 is 3.78. The zero-order chi connectivity index (χ0) is 31.3. The number of fused-ring (bicyclic) bond motifs is 7. The fraction of sp³-hybridized carbons (Fsp3) is 0.225. The standard InChI is InChI=1S/C40H38N2S2Si/c1-39(2,3)28-23-22-25(45(6,7)35-21-13-16-30-37(35)43-34-20-11-8-15-29(34)40(30,4)5)24-27(28)26-14-12-19-33-36(26)44-38-41-31-17-9-10-18-32(31)42(33)38/h8-24H,1-7H3. The smallest absolute Gasteiger partial charge is 0.195 e. The summed E-state index contributed by atoms with van der Waals surface area (Å²) < 4.78 is 3.64. The summed E-state index contributed by atoms with van der Waals surface area (Å²) in [7, 11) is -2.12. The van der Waals surface area contributed by atoms with E-state index in [2.05, 4.69) is 155 Å². The highest BCUT2D eigenvalue weighted by Crippen LogP contribution is 2.49. The normalized spacial score (nSPS) is 14.6. The molecule has 224 valence electrons. The molecule has 0 radical (unpaired) electrons. The third-order valence-electron chi connectivity index (χ3n) is 9.93. The summed E-state index contributed by atoms with van der Waals surface area (Å²) in [6.45, 7) is 16.9. The van der Waals surface area contributed by atoms with Gasteiger partial charge < -0.3 is 0 Å². The van der Waals surface area contributed by atoms with Gasteiger partial charge in [0.15, 0.2) is 4.96 Å². The Bertz CT molecular complexity index is 2300. The van der Waals surface area contributed by atoms with E-state index in [9.17, 15) is 0 Å². The lowest BCUT2D eigenvalue weighted by atomic mass is 9.78. The highest BCUT2D eigenvalue weighted by atomic mass is 32.2. The van der Waals surface area contributed by atoms with Crippen LogP contribution in [0.2, 0.25) is 13.1 Å². The summed E-state index contributed by atoms with van der Waals surface area (Å²) in [6, 6.07) is 38.7. The first-order chi connectivity index (χ1) is 21.5. The van der Waals surface area contributed by atoms with Gasteiger partial charge >= 0.3 is 0 Å². The van der Waals surface area contributed by atoms with Crippen LogP contribution in [0.4, 0.5) is 0 Å². The Morgan fingerprint density at radius 3 is 2.27 bits per heavy atom. The summed E-state index contributed by atoms with van der Waals surface area (Å²) in [6.07, 6.45) is 0. The van der Waals surface area contributed by atoms with Gasteiger partial charge in [0, 0.05) is 20.8 Å². The summed E-state index contributed by atoms with van der Waals surface area (Å²) in [5.74, 6) is 0. The molecule has 0 fully saturated rings. The van der Waals surface area contributed by atoms with Gasteiger partial charge in [0.1, 0.15) is 8.07 Å². The molecule has 45 heavy (non-hydrogen) atoms. The van der Waals surface area contributed by atoms with Gasteiger partial charge in [-0.2, -0.15) is 0 Å². The highest BCUT2D eigenvalue weighted by molar-refractivity contribution is 7.99. The number of aromatic nitrogens is 2. The largest absolute Gasteiger partial charge is 0.283 e. The number of rotatable bonds is 3. The van der Waals surface area contributed by atoms with Gasteiger partial charge in [-0.1, -0.05) is 155 Å². The molecular weight excluding hydrogens is 601 g/mol. The van der Waals surface area contributed by atoms with E-state index in [1.165, 1.54) is 63.7 Å². The van der Waals surface area contributed by atoms with Crippen LogP contribution in [0.3, 0.4) is 0 Å². The Balaban J connectivity index is 1.33. The Hall–Kier alpha value is -3.64. The predicted molar refractivity (Wildman–Crippen MR) is 198 cm³/mol. The molecule has 1 aliphatic heterocycles. The third kappa shape index (κ3) is 4.31. The minimum Gasteiger partial charge on any atom is -0.283 e. The lowest BCUT2D eigenvalue weighted by Crippen LogP contribution is -2.54. The van der Waals surface area contributed by atoms with E-state index >= 15 is 0 Å². The zero-order valence-electron chi connectivity index (χ0n) is 27.0. The van der Waals surface area contributed by atoms with Crippen LogP contribution in [0.1, 0.15) is 51.3 Å². The number of imidazole rings is 1. The minimum absolute atomic E-state index is 0.00132. The lowest BCUT2D eigenvalue weighted by Gasteiger charge is -2.38. The van der Waals surface area contributed by atoms with Crippen molar-refractivity contribution in [3.63, 3.8) is 0 Å². The molecule has 3 heterocycles. The molecule has 2 nitrogen and oxygen atoms in total. The Kier molecular flexibility index (Phi) is 6.35. The maximum absolute atomic E-state index is 5.01. The van der Waals surface area contributed by atoms with E-state index in [4.69, 9.17) is 4.98 Å². The van der Waals surface area contributed by atoms with Crippen molar-refractivity contribution in [1.82, 2.24) is 9.38 Å². The average molecular weight is 639 g/mol. The molecule has 5 aromatic carbocycles. The van der Waals surface area contributed by atoms with Crippen molar-refractivity contribution in [3.05, 3.63) is 120 Å². The quantitative estimate of drug-likeness (QED) is 0.179. The zero-order valence-corrected chi connectivity index (χ0v) is 29.7. The number of hydrogen-bond acceptors (Lipinski definition) is 3. The first-order valence-electron chi connectivity index (χ1n) is 15.8. The van der Waals surface area contributed by atoms with Crippen LogP contribution in [0.5, 0.6) is 0 Å². The molecule has 7 aromatic rings. The van der Waals surface area contributed by atoms with Crippen LogP contribution in [0.15, 0.2) is 113 Å². The monoisotopic (exact) mass is 638 g/mol. The van der Waals surface area contributed by atoms with Gasteiger partial charge in [0.2, 0.25) is 0 Å². The van der Waals surface area contributed by atoms with Gasteiger partial charge in [-0.15, -0.1) is 0 Å². The van der Waals surface area contributed by atoms with Gasteiger partial charge in [0.25, 0.3) is 0 Å². The van der Waals surface area contributed by atoms with E-state index < -0.39 is 8.07 Å². The topological polar surface area (TPSA) is 17.3 Å². The molecule has 0 aliphatic carbocycles. The van der Waals surface area contributed by atoms with Crippen LogP contribution in [0, 0.1) is 0 Å². The number of para-hydroxylation sites is 2. The van der Waals surface area contributed by atoms with Crippen molar-refractivity contribution in [1.29, 1.82) is 0 Å². The molecule has 1 aliphatic rings. The van der Waals surface area contributed by atoms with Crippen LogP contribution < -0.4 is 10.4 Å². The van der Waals surface area contributed by atoms with Gasteiger partial charge in [-0.05, 0) is 57.1 Å². The van der Waals surface area contributed by atoms with Crippen molar-refractivity contribution in [2.45, 2.75) is 68.3 Å². The van der Waals surface area contributed by atoms with Crippen molar-refractivity contribution in [2.75, 3.05) is 0 Å². The molecule has 0 saturated heterocycles. The molecule has 0 N–H and O–H groups in total. The molecule has 5 heteroatoms. The molecule has 0 spiro atoms. The van der Waals surface area contributed by atoms with Crippen LogP contribution >= 0.6 is 23.1 Å². The van der Waals surface area contributed by atoms with E-state index in [0.717, 1.165) is 10.5 Å². The molecule has 8 rings (SSSR count). The van der Waals surface area contributed by atoms with Crippen molar-refractivity contribution < 1.29 is 0 Å². The lowest BCUT2D eigenvalue weighted by molar-refractivity contribution is 0.592. The molecule has 0 unspecified atom stereocenters. The second-order valence-corrected chi connectivity index (χ2v) is 20.9. The van der Waals surface area contributed by atoms with Gasteiger partial charge in [0.05, 0.1) is 21.3 Å². The fourth-order valence-electron chi connectivity index (χ4n) is 7.34. The molecule has 0 atom stereocenters. The van der Waals surface area contributed by atoms with E-state index in [1.807, 2.05) is 23.1 Å². The summed E-state index contributed by atoms with van der Waals surface area (Å²) in [4.78, 5) is 8.92. The summed E-state index contributed by atoms with van der Waals surface area (Å²) in [5.41, 5.74) is 10.4. The maximum Gasteiger partial charge on any atom is 0.195 e. The Labute approximate surface area is 275 Å². The Morgan fingerprint density at radius 1 is 0.733 bits per heavy atom. The Morgan fingerprint density at radius 2 is 1.44 bits per heavy atom. The molecule has 0 amide bonds. The van der Waals surface area contributed by atoms with E-state index in [1.54, 1.807) is 0 Å². The van der Waals surface area contributed by atoms with Crippen LogP contribution in [-0.2, 0) is 10.8 Å². The minimum atomic E-state index is -2.12. The first-order valence-corrected chi connectivity index (χ1v) is 20.4. The second kappa shape index (κ2) is 9.93. The summed E-state index contributed by atoms with van der Waals surface area (Å²) in [5, 5.41) is 3.00. The van der Waals surface area contributed by atoms with Crippen molar-refractivity contribution in [3.8, 4) is 11.1 Å². The first kappa shape index (κ1) is 28.8. The maximum atomic E-state index is 5.01. The molecular formula is C40H38N2S2Si. The van der Waals surface area contributed by atoms with Crippen LogP contribution in [-0.4, -0.2) is 17.5 Å². The molecule has 0 bridgehead atoms. The number of thiazole rings is 1. The van der Waals surface area contributed by atoms with Gasteiger partial charge in [-0.25, -0.2) is 4.98 Å². The average Bonchev–Trinajstić information content (AvgIpc) is 3.56. The van der Waals surface area contributed by atoms with Crippen molar-refractivity contribution in [2.24, 2.45) is 0 Å². The molecule has 2 aromatic heterocycles. The predicted octanol–water partition coefficient (Wildman–Crippen LogP) is 10.3. The fourth-order valence-corrected chi connectivity index (χ4v) is 13.4. The number of benzene rings is 5. The van der Waals surface area contributed by atoms with Crippen LogP contribution in [0.25, 0.3) is 37.3 Å². The van der Waals surface area contributed by atoms with Crippen molar-refractivity contribution >= 4 is 67.8 Å². The third-order valence-corrected chi connectivity index (χ3v) is 15.9. The highest BCUT2D eigenvalue weighted by Gasteiger charge is 2.38. The number of nitrogens with zero attached hydrogens (tertiary/aromatic N) is 2. The second-order valence-electron chi connectivity index (χ2n) is 14.5. The van der Waals surface area contributed by atoms with E-state index in [-0.39, 0.29) is 10.8 Å².